The molecule has 0 unspecified atom stereocenters. The van der Waals surface area contributed by atoms with E-state index in [1.807, 2.05) is 6.08 Å². The predicted molar refractivity (Wildman–Crippen MR) is 113 cm³/mol. The smallest absolute Gasteiger partial charge is 0.261 e. The molecule has 0 aliphatic carbocycles. The van der Waals surface area contributed by atoms with Crippen LogP contribution in [0, 0.1) is 0 Å². The molecular weight excluding hydrogens is 352 g/mol. The van der Waals surface area contributed by atoms with Crippen LogP contribution in [0.25, 0.3) is 0 Å². The highest BCUT2D eigenvalue weighted by Crippen LogP contribution is 2.39. The Morgan fingerprint density at radius 3 is 1.93 bits per heavy atom. The van der Waals surface area contributed by atoms with Crippen molar-refractivity contribution in [3.8, 4) is 0 Å². The third-order valence-electron chi connectivity index (χ3n) is 5.32. The van der Waals surface area contributed by atoms with Gasteiger partial charge in [-0.15, -0.1) is 6.58 Å². The number of methoxy groups -OCH3 is 1. The Bertz CT molecular complexity index is 700. The van der Waals surface area contributed by atoms with Crippen molar-refractivity contribution in [3.63, 3.8) is 0 Å². The molecule has 2 aromatic carbocycles. The Balaban J connectivity index is 2.14. The van der Waals surface area contributed by atoms with Gasteiger partial charge in [-0.1, -0.05) is 87.5 Å². The van der Waals surface area contributed by atoms with Crippen LogP contribution in [0.3, 0.4) is 0 Å². The summed E-state index contributed by atoms with van der Waals surface area (Å²) in [6.07, 6.45) is 2.03. The molecule has 3 nitrogen and oxygen atoms in total. The number of benzene rings is 2. The topological polar surface area (TPSA) is 27.7 Å². The van der Waals surface area contributed by atoms with Gasteiger partial charge in [0, 0.05) is 13.5 Å². The summed E-state index contributed by atoms with van der Waals surface area (Å²) in [5.74, 6) is 0. The van der Waals surface area contributed by atoms with Gasteiger partial charge in [0.1, 0.15) is 0 Å². The summed E-state index contributed by atoms with van der Waals surface area (Å²) < 4.78 is 18.7. The molecule has 2 aromatic rings. The SMILES string of the molecule is C=C[C@@H]1C[C@H](O[Si](c2ccccc2)(c2ccccc2)C(C)(C)C)[C@H](OC)O1. The van der Waals surface area contributed by atoms with E-state index in [0.717, 1.165) is 6.42 Å². The minimum absolute atomic E-state index is 0.0434. The van der Waals surface area contributed by atoms with Gasteiger partial charge in [-0.3, -0.25) is 0 Å². The average molecular weight is 383 g/mol. The molecule has 0 spiro atoms. The second kappa shape index (κ2) is 8.11. The van der Waals surface area contributed by atoms with Crippen molar-refractivity contribution in [1.29, 1.82) is 0 Å². The third-order valence-corrected chi connectivity index (χ3v) is 10.4. The maximum absolute atomic E-state index is 7.11. The van der Waals surface area contributed by atoms with Crippen LogP contribution in [0.5, 0.6) is 0 Å². The van der Waals surface area contributed by atoms with Gasteiger partial charge in [0.05, 0.1) is 12.2 Å². The van der Waals surface area contributed by atoms with Crippen LogP contribution >= 0.6 is 0 Å². The first-order chi connectivity index (χ1) is 12.9. The summed E-state index contributed by atoms with van der Waals surface area (Å²) in [4.78, 5) is 0. The third kappa shape index (κ3) is 3.80. The number of rotatable bonds is 6. The number of ether oxygens (including phenoxy) is 2. The van der Waals surface area contributed by atoms with Crippen LogP contribution in [0.15, 0.2) is 73.3 Å². The zero-order valence-electron chi connectivity index (χ0n) is 16.7. The van der Waals surface area contributed by atoms with Gasteiger partial charge in [-0.05, 0) is 15.4 Å². The maximum Gasteiger partial charge on any atom is 0.261 e. The predicted octanol–water partition coefficient (Wildman–Crippen LogP) is 3.88. The molecule has 1 aliphatic rings. The van der Waals surface area contributed by atoms with E-state index in [-0.39, 0.29) is 23.5 Å². The van der Waals surface area contributed by atoms with E-state index in [1.54, 1.807) is 7.11 Å². The van der Waals surface area contributed by atoms with Gasteiger partial charge in [-0.2, -0.15) is 0 Å². The Morgan fingerprint density at radius 2 is 1.52 bits per heavy atom. The molecule has 144 valence electrons. The largest absolute Gasteiger partial charge is 0.399 e. The van der Waals surface area contributed by atoms with Crippen molar-refractivity contribution in [2.75, 3.05) is 7.11 Å². The standard InChI is InChI=1S/C23H30O3Si/c1-6-18-17-21(22(24-5)25-18)26-27(23(2,3)4,19-13-9-7-10-14-19)20-15-11-8-12-16-20/h6-16,18,21-22H,1,17H2,2-5H3/t18-,21+,22-/m1/s1. The minimum Gasteiger partial charge on any atom is -0.399 e. The Kier molecular flexibility index (Phi) is 6.01. The van der Waals surface area contributed by atoms with E-state index in [0.29, 0.717) is 0 Å². The average Bonchev–Trinajstić information content (AvgIpc) is 3.08. The van der Waals surface area contributed by atoms with Crippen LogP contribution in [-0.2, 0) is 13.9 Å². The van der Waals surface area contributed by atoms with E-state index in [2.05, 4.69) is 88.0 Å². The van der Waals surface area contributed by atoms with E-state index >= 15 is 0 Å². The van der Waals surface area contributed by atoms with Crippen LogP contribution in [0.2, 0.25) is 5.04 Å². The Labute approximate surface area is 164 Å². The zero-order valence-corrected chi connectivity index (χ0v) is 17.7. The number of hydrogen-bond donors (Lipinski definition) is 0. The van der Waals surface area contributed by atoms with Crippen LogP contribution in [0.4, 0.5) is 0 Å². The summed E-state index contributed by atoms with van der Waals surface area (Å²) in [6, 6.07) is 21.3. The second-order valence-corrected chi connectivity index (χ2v) is 12.3. The molecule has 1 saturated heterocycles. The molecule has 0 aromatic heterocycles. The van der Waals surface area contributed by atoms with Gasteiger partial charge in [-0.25, -0.2) is 0 Å². The first kappa shape index (κ1) is 20.0. The molecule has 1 heterocycles. The van der Waals surface area contributed by atoms with E-state index in [1.165, 1.54) is 10.4 Å². The van der Waals surface area contributed by atoms with Gasteiger partial charge in [0.15, 0.2) is 6.29 Å². The Hall–Kier alpha value is -1.72. The lowest BCUT2D eigenvalue weighted by Crippen LogP contribution is -2.68. The van der Waals surface area contributed by atoms with Crippen molar-refractivity contribution in [2.24, 2.45) is 0 Å². The van der Waals surface area contributed by atoms with Crippen molar-refractivity contribution in [1.82, 2.24) is 0 Å². The van der Waals surface area contributed by atoms with Crippen LogP contribution in [0.1, 0.15) is 27.2 Å². The molecule has 1 aliphatic heterocycles. The normalized spacial score (nSPS) is 23.3. The quantitative estimate of drug-likeness (QED) is 0.561. The molecule has 0 bridgehead atoms. The highest BCUT2D eigenvalue weighted by molar-refractivity contribution is 6.99. The van der Waals surface area contributed by atoms with Crippen molar-refractivity contribution < 1.29 is 13.9 Å². The fourth-order valence-corrected chi connectivity index (χ4v) is 8.71. The fraction of sp³-hybridized carbons (Fsp3) is 0.391. The minimum atomic E-state index is -2.61. The summed E-state index contributed by atoms with van der Waals surface area (Å²) in [6.45, 7) is 10.7. The Morgan fingerprint density at radius 1 is 1.00 bits per heavy atom. The molecule has 3 rings (SSSR count). The molecule has 0 amide bonds. The fourth-order valence-electron chi connectivity index (χ4n) is 4.04. The first-order valence-electron chi connectivity index (χ1n) is 9.52. The summed E-state index contributed by atoms with van der Waals surface area (Å²) in [5, 5.41) is 2.46. The van der Waals surface area contributed by atoms with Gasteiger partial charge in [0.2, 0.25) is 0 Å². The molecule has 0 N–H and O–H groups in total. The van der Waals surface area contributed by atoms with Crippen molar-refractivity contribution in [2.45, 2.75) is 50.7 Å². The summed E-state index contributed by atoms with van der Waals surface area (Å²) >= 11 is 0. The van der Waals surface area contributed by atoms with Crippen molar-refractivity contribution in [3.05, 3.63) is 73.3 Å². The zero-order chi connectivity index (χ0) is 19.5. The molecular formula is C23H30O3Si. The van der Waals surface area contributed by atoms with E-state index in [9.17, 15) is 0 Å². The number of hydrogen-bond acceptors (Lipinski definition) is 3. The molecule has 1 fully saturated rings. The van der Waals surface area contributed by atoms with Gasteiger partial charge < -0.3 is 13.9 Å². The monoisotopic (exact) mass is 382 g/mol. The second-order valence-electron chi connectivity index (χ2n) is 8.07. The molecule has 0 radical (unpaired) electrons. The molecule has 4 heteroatoms. The molecule has 0 saturated carbocycles. The van der Waals surface area contributed by atoms with E-state index in [4.69, 9.17) is 13.9 Å². The maximum atomic E-state index is 7.11. The van der Waals surface area contributed by atoms with Crippen molar-refractivity contribution >= 4 is 18.7 Å². The lowest BCUT2D eigenvalue weighted by molar-refractivity contribution is -0.137. The van der Waals surface area contributed by atoms with Crippen LogP contribution in [-0.4, -0.2) is 33.9 Å². The first-order valence-corrected chi connectivity index (χ1v) is 11.4. The summed E-state index contributed by atoms with van der Waals surface area (Å²) in [5.41, 5.74) is 0. The van der Waals surface area contributed by atoms with E-state index < -0.39 is 8.32 Å². The summed E-state index contributed by atoms with van der Waals surface area (Å²) in [7, 11) is -0.931. The molecule has 3 atom stereocenters. The lowest BCUT2D eigenvalue weighted by atomic mass is 10.2. The lowest BCUT2D eigenvalue weighted by Gasteiger charge is -2.45. The highest BCUT2D eigenvalue weighted by atomic mass is 28.4. The molecule has 27 heavy (non-hydrogen) atoms. The van der Waals surface area contributed by atoms with Gasteiger partial charge >= 0.3 is 0 Å². The highest BCUT2D eigenvalue weighted by Gasteiger charge is 2.53. The van der Waals surface area contributed by atoms with Gasteiger partial charge in [0.25, 0.3) is 8.32 Å². The van der Waals surface area contributed by atoms with Crippen LogP contribution < -0.4 is 10.4 Å².